The first kappa shape index (κ1) is 66.9. The molecule has 4 rings (SSSR count). The zero-order valence-corrected chi connectivity index (χ0v) is 46.2. The first-order valence-corrected chi connectivity index (χ1v) is 27.7. The van der Waals surface area contributed by atoms with Crippen molar-refractivity contribution < 1.29 is 86.7 Å². The Morgan fingerprint density at radius 1 is 0.463 bits per heavy atom. The van der Waals surface area contributed by atoms with E-state index in [1.165, 1.54) is 74.5 Å². The van der Waals surface area contributed by atoms with Crippen LogP contribution in [0.3, 0.4) is 0 Å². The number of hydrogen-bond acceptors (Lipinski definition) is 15. The normalized spacial score (nSPS) is 11.9. The second-order valence-corrected chi connectivity index (χ2v) is 20.3. The van der Waals surface area contributed by atoms with Crippen LogP contribution in [0.25, 0.3) is 12.2 Å². The minimum absolute atomic E-state index is 0.00677. The average Bonchev–Trinajstić information content (AvgIpc) is 3.47. The molecule has 0 aliphatic rings. The number of ether oxygens (including phenoxy) is 8. The van der Waals surface area contributed by atoms with E-state index in [2.05, 4.69) is 30.1 Å². The Bertz CT molecular complexity index is 2860. The van der Waals surface area contributed by atoms with Gasteiger partial charge in [0, 0.05) is 37.3 Å². The highest BCUT2D eigenvalue weighted by atomic mass is 32.2. The van der Waals surface area contributed by atoms with Gasteiger partial charge in [-0.2, -0.15) is 9.98 Å². The monoisotopic (exact) mass is 1200 g/mol. The molecule has 448 valence electrons. The van der Waals surface area contributed by atoms with Crippen molar-refractivity contribution in [3.63, 3.8) is 0 Å². The minimum Gasteiger partial charge on any atom is -0.451 e. The molecule has 0 fully saturated rings. The molecule has 0 atom stereocenters. The van der Waals surface area contributed by atoms with Gasteiger partial charge in [-0.1, -0.05) is 0 Å². The smallest absolute Gasteiger partial charge is 0.314 e. The Hall–Kier alpha value is -7.59. The summed E-state index contributed by atoms with van der Waals surface area (Å²) < 4.78 is 158. The van der Waals surface area contributed by atoms with E-state index < -0.39 is 84.6 Å². The van der Waals surface area contributed by atoms with Gasteiger partial charge >= 0.3 is 6.03 Å². The molecule has 0 aromatic heterocycles. The third kappa shape index (κ3) is 24.6. The Labute approximate surface area is 470 Å². The van der Waals surface area contributed by atoms with Crippen LogP contribution in [0.2, 0.25) is 0 Å². The number of benzene rings is 4. The zero-order valence-electron chi connectivity index (χ0n) is 44.6. The van der Waals surface area contributed by atoms with Crippen molar-refractivity contribution in [1.82, 2.24) is 20.1 Å². The van der Waals surface area contributed by atoms with Crippen molar-refractivity contribution in [3.8, 4) is 23.0 Å². The summed E-state index contributed by atoms with van der Waals surface area (Å²) in [5.74, 6) is -8.40. The number of urea groups is 1. The van der Waals surface area contributed by atoms with E-state index in [0.29, 0.717) is 0 Å². The number of guanidine groups is 2. The number of sulfonamides is 2. The van der Waals surface area contributed by atoms with E-state index in [1.54, 1.807) is 0 Å². The standard InChI is InChI=1S/C51H64F4N10O15S2/c1-33(47(66)64-49(56)57)27-35-29-41(52)45(42(53)30-35)79-37-3-7-39(8-4-37)81(69,70)62-13-17-75-21-25-77-23-19-73-15-11-60-51(68)61-12-16-74-20-24-78-26-22-76-18-14-63-82(71,72)40-9-5-38(6-10-40)80-46-43(54)31-36(32-44(46)55)28-34(2)48(67)65-50(58)59/h3-10,27-32,62-63H,11-26H2,1-2H3,(H2,60,61,68)(H4,56,57,64,66)(H4,58,59,65,67)/b33-27+,34-28+. The lowest BCUT2D eigenvalue weighted by Gasteiger charge is -2.11. The van der Waals surface area contributed by atoms with Gasteiger partial charge in [-0.15, -0.1) is 0 Å². The summed E-state index contributed by atoms with van der Waals surface area (Å²) in [6.45, 7) is 5.39. The van der Waals surface area contributed by atoms with Crippen LogP contribution in [0.5, 0.6) is 23.0 Å². The van der Waals surface area contributed by atoms with E-state index in [9.17, 15) is 48.8 Å². The van der Waals surface area contributed by atoms with E-state index in [-0.39, 0.29) is 149 Å². The van der Waals surface area contributed by atoms with Crippen molar-refractivity contribution >= 4 is 62.0 Å². The van der Waals surface area contributed by atoms with Gasteiger partial charge in [0.2, 0.25) is 20.0 Å². The zero-order chi connectivity index (χ0) is 60.1. The first-order valence-electron chi connectivity index (χ1n) is 24.7. The predicted molar refractivity (Wildman–Crippen MR) is 291 cm³/mol. The molecule has 4 aromatic rings. The fraction of sp³-hybridized carbons (Fsp3) is 0.353. The van der Waals surface area contributed by atoms with E-state index in [0.717, 1.165) is 24.3 Å². The molecule has 82 heavy (non-hydrogen) atoms. The molecule has 0 saturated carbocycles. The number of hydrogen-bond donors (Lipinski definition) is 8. The molecule has 0 radical (unpaired) electrons. The molecule has 0 spiro atoms. The maximum atomic E-state index is 14.8. The molecule has 25 nitrogen and oxygen atoms in total. The van der Waals surface area contributed by atoms with Crippen LogP contribution in [0.15, 0.2) is 104 Å². The number of nitrogens with zero attached hydrogens (tertiary/aromatic N) is 2. The number of nitrogens with one attached hydrogen (secondary N) is 4. The molecule has 0 unspecified atom stereocenters. The fourth-order valence-electron chi connectivity index (χ4n) is 6.45. The van der Waals surface area contributed by atoms with Crippen LogP contribution in [0.4, 0.5) is 22.4 Å². The second-order valence-electron chi connectivity index (χ2n) is 16.8. The number of rotatable bonds is 36. The highest BCUT2D eigenvalue weighted by Crippen LogP contribution is 2.32. The Morgan fingerprint density at radius 3 is 1.04 bits per heavy atom. The largest absolute Gasteiger partial charge is 0.451 e. The van der Waals surface area contributed by atoms with Gasteiger partial charge in [0.05, 0.1) is 89.1 Å². The summed E-state index contributed by atoms with van der Waals surface area (Å²) in [4.78, 5) is 42.2. The number of halogens is 4. The maximum absolute atomic E-state index is 14.8. The number of nitrogens with two attached hydrogens (primary N) is 4. The van der Waals surface area contributed by atoms with Crippen LogP contribution >= 0.6 is 0 Å². The molecule has 0 saturated heterocycles. The van der Waals surface area contributed by atoms with Crippen LogP contribution < -0.4 is 52.5 Å². The van der Waals surface area contributed by atoms with Crippen LogP contribution in [0, 0.1) is 23.3 Å². The SMILES string of the molecule is C/C(=C\c1cc(F)c(Oc2ccc(S(=O)(=O)NCCOCCOCCOCCNC(=O)NCCOCCOCCOCCNS(=O)(=O)c3ccc(Oc4c(F)cc(/C=C(\C)C(=O)N=C(N)N)cc4F)cc3)cc2)c(F)c1)C(=O)N=C(N)N. The Kier molecular flexibility index (Phi) is 28.3. The van der Waals surface area contributed by atoms with Gasteiger partial charge in [0.15, 0.2) is 46.7 Å². The number of carbonyl (C=O) groups is 3. The van der Waals surface area contributed by atoms with Crippen molar-refractivity contribution in [3.05, 3.63) is 118 Å². The fourth-order valence-corrected chi connectivity index (χ4v) is 8.47. The van der Waals surface area contributed by atoms with Crippen molar-refractivity contribution in [2.24, 2.45) is 32.9 Å². The summed E-state index contributed by atoms with van der Waals surface area (Å²) in [5, 5.41) is 5.27. The number of carbonyl (C=O) groups excluding carboxylic acids is 3. The summed E-state index contributed by atoms with van der Waals surface area (Å²) in [5.41, 5.74) is 20.8. The average molecular weight is 1200 g/mol. The molecule has 12 N–H and O–H groups in total. The molecular weight excluding hydrogens is 1130 g/mol. The van der Waals surface area contributed by atoms with Gasteiger partial charge in [0.1, 0.15) is 11.5 Å². The minimum atomic E-state index is -3.96. The lowest BCUT2D eigenvalue weighted by molar-refractivity contribution is -0.115. The lowest BCUT2D eigenvalue weighted by atomic mass is 10.1. The summed E-state index contributed by atoms with van der Waals surface area (Å²) in [6.07, 6.45) is 2.37. The van der Waals surface area contributed by atoms with E-state index in [1.807, 2.05) is 0 Å². The summed E-state index contributed by atoms with van der Waals surface area (Å²) >= 11 is 0. The third-order valence-electron chi connectivity index (χ3n) is 10.3. The van der Waals surface area contributed by atoms with E-state index >= 15 is 0 Å². The van der Waals surface area contributed by atoms with Gasteiger partial charge in [0.25, 0.3) is 11.8 Å². The highest BCUT2D eigenvalue weighted by Gasteiger charge is 2.19. The molecule has 4 aromatic carbocycles. The van der Waals surface area contributed by atoms with E-state index in [4.69, 9.17) is 60.8 Å². The maximum Gasteiger partial charge on any atom is 0.314 e. The third-order valence-corrected chi connectivity index (χ3v) is 13.2. The van der Waals surface area contributed by atoms with Crippen molar-refractivity contribution in [2.45, 2.75) is 23.6 Å². The van der Waals surface area contributed by atoms with Gasteiger partial charge in [-0.25, -0.2) is 48.6 Å². The molecule has 0 bridgehead atoms. The quantitative estimate of drug-likeness (QED) is 0.0107. The van der Waals surface area contributed by atoms with Crippen LogP contribution in [-0.2, 0) is 58.1 Å². The first-order chi connectivity index (χ1) is 39.0. The molecule has 31 heteroatoms. The van der Waals surface area contributed by atoms with Crippen molar-refractivity contribution in [1.29, 1.82) is 0 Å². The molecule has 0 aliphatic carbocycles. The Morgan fingerprint density at radius 2 is 0.744 bits per heavy atom. The molecular formula is C51H64F4N10O15S2. The van der Waals surface area contributed by atoms with Crippen molar-refractivity contribution in [2.75, 3.05) is 105 Å². The lowest BCUT2D eigenvalue weighted by Crippen LogP contribution is -2.39. The summed E-state index contributed by atoms with van der Waals surface area (Å²) in [7, 11) is -7.92. The number of aliphatic imine (C=N–C) groups is 2. The number of amides is 4. The van der Waals surface area contributed by atoms with Crippen LogP contribution in [0.1, 0.15) is 25.0 Å². The summed E-state index contributed by atoms with van der Waals surface area (Å²) in [6, 6.07) is 13.0. The van der Waals surface area contributed by atoms with Crippen LogP contribution in [-0.4, -0.2) is 152 Å². The molecule has 0 heterocycles. The molecule has 4 amide bonds. The van der Waals surface area contributed by atoms with Gasteiger partial charge < -0.3 is 71.5 Å². The van der Waals surface area contributed by atoms with Gasteiger partial charge in [-0.05, 0) is 110 Å². The predicted octanol–water partition coefficient (Wildman–Crippen LogP) is 2.89. The highest BCUT2D eigenvalue weighted by molar-refractivity contribution is 7.89. The Balaban J connectivity index is 0.929. The second kappa shape index (κ2) is 34.6. The molecule has 0 aliphatic heterocycles. The topological polar surface area (TPSA) is 370 Å². The van der Waals surface area contributed by atoms with Gasteiger partial charge in [-0.3, -0.25) is 9.59 Å².